The predicted molar refractivity (Wildman–Crippen MR) is 64.8 cm³/mol. The summed E-state index contributed by atoms with van der Waals surface area (Å²) in [6.07, 6.45) is 1.06. The van der Waals surface area contributed by atoms with Gasteiger partial charge in [-0.25, -0.2) is 10.8 Å². The molecule has 0 aliphatic heterocycles. The van der Waals surface area contributed by atoms with Crippen molar-refractivity contribution in [2.24, 2.45) is 5.84 Å². The van der Waals surface area contributed by atoms with E-state index in [2.05, 4.69) is 36.1 Å². The number of nitrogens with two attached hydrogens (primary N) is 1. The first-order chi connectivity index (χ1) is 7.01. The van der Waals surface area contributed by atoms with Crippen LogP contribution in [0.3, 0.4) is 0 Å². The Labute approximate surface area is 91.5 Å². The molecule has 0 amide bonds. The summed E-state index contributed by atoms with van der Waals surface area (Å²) < 4.78 is 0. The summed E-state index contributed by atoms with van der Waals surface area (Å²) >= 11 is 0. The minimum Gasteiger partial charge on any atom is -0.355 e. The van der Waals surface area contributed by atoms with Crippen molar-refractivity contribution in [3.05, 3.63) is 18.2 Å². The zero-order valence-electron chi connectivity index (χ0n) is 9.91. The van der Waals surface area contributed by atoms with Gasteiger partial charge in [0, 0.05) is 12.6 Å². The number of nitrogens with zero attached hydrogens (tertiary/aromatic N) is 2. The third-order valence-corrected chi connectivity index (χ3v) is 3.00. The van der Waals surface area contributed by atoms with Gasteiger partial charge in [-0.1, -0.05) is 13.0 Å². The molecule has 0 unspecified atom stereocenters. The number of anilines is 2. The Morgan fingerprint density at radius 1 is 1.47 bits per heavy atom. The first-order valence-electron chi connectivity index (χ1n) is 5.18. The van der Waals surface area contributed by atoms with Crippen LogP contribution in [0.25, 0.3) is 0 Å². The number of hydrogen-bond acceptors (Lipinski definition) is 4. The predicted octanol–water partition coefficient (Wildman–Crippen LogP) is 1.99. The van der Waals surface area contributed by atoms with Crippen molar-refractivity contribution in [1.29, 1.82) is 0 Å². The first-order valence-corrected chi connectivity index (χ1v) is 5.18. The molecule has 0 atom stereocenters. The maximum atomic E-state index is 5.33. The highest BCUT2D eigenvalue weighted by Gasteiger charge is 2.22. The van der Waals surface area contributed by atoms with Crippen LogP contribution in [-0.2, 0) is 0 Å². The minimum absolute atomic E-state index is 0.0974. The zero-order valence-corrected chi connectivity index (χ0v) is 9.91. The van der Waals surface area contributed by atoms with Gasteiger partial charge < -0.3 is 10.3 Å². The summed E-state index contributed by atoms with van der Waals surface area (Å²) in [6, 6.07) is 5.77. The van der Waals surface area contributed by atoms with Crippen molar-refractivity contribution in [2.45, 2.75) is 32.7 Å². The molecule has 0 bridgehead atoms. The van der Waals surface area contributed by atoms with Gasteiger partial charge in [0.15, 0.2) is 0 Å². The normalized spacial score (nSPS) is 11.3. The molecule has 0 aliphatic rings. The Kier molecular flexibility index (Phi) is 3.52. The van der Waals surface area contributed by atoms with E-state index in [0.717, 1.165) is 12.2 Å². The average Bonchev–Trinajstić information content (AvgIpc) is 2.28. The molecule has 4 nitrogen and oxygen atoms in total. The molecule has 1 aromatic rings. The van der Waals surface area contributed by atoms with Gasteiger partial charge in [0.05, 0.1) is 0 Å². The van der Waals surface area contributed by atoms with Crippen LogP contribution in [0.4, 0.5) is 11.6 Å². The molecule has 0 spiro atoms. The molecule has 0 aliphatic carbocycles. The second-order valence-corrected chi connectivity index (χ2v) is 4.25. The van der Waals surface area contributed by atoms with Crippen molar-refractivity contribution in [3.63, 3.8) is 0 Å². The van der Waals surface area contributed by atoms with Gasteiger partial charge in [-0.2, -0.15) is 0 Å². The van der Waals surface area contributed by atoms with Crippen LogP contribution < -0.4 is 16.2 Å². The van der Waals surface area contributed by atoms with Gasteiger partial charge in [-0.05, 0) is 32.4 Å². The highest BCUT2D eigenvalue weighted by Crippen LogP contribution is 2.23. The summed E-state index contributed by atoms with van der Waals surface area (Å²) in [6.45, 7) is 6.55. The molecule has 0 saturated heterocycles. The summed E-state index contributed by atoms with van der Waals surface area (Å²) in [5.74, 6) is 6.94. The highest BCUT2D eigenvalue weighted by molar-refractivity contribution is 5.47. The van der Waals surface area contributed by atoms with E-state index in [-0.39, 0.29) is 5.54 Å². The van der Waals surface area contributed by atoms with Crippen LogP contribution in [0.15, 0.2) is 18.2 Å². The number of nitrogens with one attached hydrogen (secondary N) is 1. The summed E-state index contributed by atoms with van der Waals surface area (Å²) in [5, 5.41) is 0. The molecule has 1 aromatic heterocycles. The summed E-state index contributed by atoms with van der Waals surface area (Å²) in [5.41, 5.74) is 2.65. The van der Waals surface area contributed by atoms with E-state index in [1.165, 1.54) is 0 Å². The van der Waals surface area contributed by atoms with E-state index in [4.69, 9.17) is 5.84 Å². The number of hydrogen-bond donors (Lipinski definition) is 2. The first kappa shape index (κ1) is 11.8. The molecule has 1 heterocycles. The molecule has 15 heavy (non-hydrogen) atoms. The molecule has 0 aromatic carbocycles. The second-order valence-electron chi connectivity index (χ2n) is 4.25. The summed E-state index contributed by atoms with van der Waals surface area (Å²) in [4.78, 5) is 6.56. The lowest BCUT2D eigenvalue weighted by atomic mass is 10.00. The molecular weight excluding hydrogens is 188 g/mol. The van der Waals surface area contributed by atoms with Crippen molar-refractivity contribution >= 4 is 11.6 Å². The fourth-order valence-electron chi connectivity index (χ4n) is 1.24. The molecular formula is C11H20N4. The largest absolute Gasteiger partial charge is 0.355 e. The van der Waals surface area contributed by atoms with E-state index < -0.39 is 0 Å². The standard InChI is InChI=1S/C11H20N4/c1-5-11(2,3)15(4)10-8-6-7-9(13-10)14-12/h6-8H,5,12H2,1-4H3,(H,13,14). The van der Waals surface area contributed by atoms with Gasteiger partial charge in [0.2, 0.25) is 0 Å². The molecule has 3 N–H and O–H groups in total. The van der Waals surface area contributed by atoms with E-state index in [9.17, 15) is 0 Å². The Hall–Kier alpha value is -1.29. The molecule has 1 rings (SSSR count). The average molecular weight is 208 g/mol. The third-order valence-electron chi connectivity index (χ3n) is 3.00. The lowest BCUT2D eigenvalue weighted by Crippen LogP contribution is -2.41. The third kappa shape index (κ3) is 2.59. The van der Waals surface area contributed by atoms with E-state index in [1.807, 2.05) is 25.2 Å². The Balaban J connectivity index is 2.95. The van der Waals surface area contributed by atoms with Crippen LogP contribution in [0.1, 0.15) is 27.2 Å². The molecule has 84 valence electrons. The monoisotopic (exact) mass is 208 g/mol. The Bertz CT molecular complexity index is 322. The molecule has 0 fully saturated rings. The van der Waals surface area contributed by atoms with Gasteiger partial charge in [0.1, 0.15) is 11.6 Å². The molecule has 0 radical (unpaired) electrons. The van der Waals surface area contributed by atoms with Crippen LogP contribution in [0, 0.1) is 0 Å². The Morgan fingerprint density at radius 3 is 2.67 bits per heavy atom. The van der Waals surface area contributed by atoms with Crippen LogP contribution in [0.2, 0.25) is 0 Å². The lowest BCUT2D eigenvalue weighted by Gasteiger charge is -2.35. The van der Waals surface area contributed by atoms with Crippen LogP contribution in [0.5, 0.6) is 0 Å². The minimum atomic E-state index is 0.0974. The van der Waals surface area contributed by atoms with Gasteiger partial charge in [-0.15, -0.1) is 0 Å². The molecule has 0 saturated carbocycles. The van der Waals surface area contributed by atoms with Crippen molar-refractivity contribution in [1.82, 2.24) is 4.98 Å². The summed E-state index contributed by atoms with van der Waals surface area (Å²) in [7, 11) is 2.05. The number of aromatic nitrogens is 1. The van der Waals surface area contributed by atoms with Crippen LogP contribution in [-0.4, -0.2) is 17.6 Å². The lowest BCUT2D eigenvalue weighted by molar-refractivity contribution is 0.467. The van der Waals surface area contributed by atoms with Crippen LogP contribution >= 0.6 is 0 Å². The molecule has 4 heteroatoms. The fraction of sp³-hybridized carbons (Fsp3) is 0.545. The van der Waals surface area contributed by atoms with E-state index in [1.54, 1.807) is 0 Å². The van der Waals surface area contributed by atoms with Gasteiger partial charge in [-0.3, -0.25) is 0 Å². The van der Waals surface area contributed by atoms with Crippen molar-refractivity contribution in [2.75, 3.05) is 17.4 Å². The number of pyridine rings is 1. The topological polar surface area (TPSA) is 54.2 Å². The number of hydrazine groups is 1. The second kappa shape index (κ2) is 4.49. The van der Waals surface area contributed by atoms with Crippen molar-refractivity contribution < 1.29 is 0 Å². The highest BCUT2D eigenvalue weighted by atomic mass is 15.3. The Morgan fingerprint density at radius 2 is 2.13 bits per heavy atom. The fourth-order valence-corrected chi connectivity index (χ4v) is 1.24. The zero-order chi connectivity index (χ0) is 11.5. The smallest absolute Gasteiger partial charge is 0.142 e. The quantitative estimate of drug-likeness (QED) is 0.587. The van der Waals surface area contributed by atoms with E-state index >= 15 is 0 Å². The van der Waals surface area contributed by atoms with Gasteiger partial charge in [0.25, 0.3) is 0 Å². The van der Waals surface area contributed by atoms with E-state index in [0.29, 0.717) is 5.82 Å². The number of rotatable bonds is 4. The maximum Gasteiger partial charge on any atom is 0.142 e. The van der Waals surface area contributed by atoms with Crippen molar-refractivity contribution in [3.8, 4) is 0 Å². The maximum absolute atomic E-state index is 5.33. The van der Waals surface area contributed by atoms with Gasteiger partial charge >= 0.3 is 0 Å². The SMILES string of the molecule is CCC(C)(C)N(C)c1cccc(NN)n1. The number of nitrogen functional groups attached to an aromatic ring is 1.